The molecule has 7 heteroatoms. The number of hydrogen-bond donors (Lipinski definition) is 2. The number of aliphatic imine (C=N–C) groups is 1. The molecule has 0 saturated heterocycles. The number of aromatic nitrogens is 1. The van der Waals surface area contributed by atoms with Crippen molar-refractivity contribution in [3.05, 3.63) is 54.1 Å². The second kappa shape index (κ2) is 8.45. The Morgan fingerprint density at radius 3 is 2.79 bits per heavy atom. The molecule has 3 N–H and O–H groups in total. The van der Waals surface area contributed by atoms with E-state index in [4.69, 9.17) is 14.9 Å². The quantitative estimate of drug-likeness (QED) is 0.663. The zero-order valence-electron chi connectivity index (χ0n) is 16.3. The fourth-order valence-corrected chi connectivity index (χ4v) is 3.70. The highest BCUT2D eigenvalue weighted by molar-refractivity contribution is 6.07. The number of hydrogen-bond acceptors (Lipinski definition) is 7. The first-order chi connectivity index (χ1) is 14.2. The first kappa shape index (κ1) is 19.1. The summed E-state index contributed by atoms with van der Waals surface area (Å²) < 4.78 is 10.8. The molecule has 0 aliphatic heterocycles. The molecule has 150 valence electrons. The first-order valence-electron chi connectivity index (χ1n) is 9.70. The number of Topliss-reactive ketones (excluding diaryl/α,β-unsaturated/α-hetero) is 1. The molecule has 2 atom stereocenters. The summed E-state index contributed by atoms with van der Waals surface area (Å²) in [5, 5.41) is 3.08. The van der Waals surface area contributed by atoms with Crippen LogP contribution in [0.25, 0.3) is 11.1 Å². The summed E-state index contributed by atoms with van der Waals surface area (Å²) in [6.45, 7) is 0.279. The number of benzene rings is 2. The minimum Gasteiger partial charge on any atom is -0.497 e. The van der Waals surface area contributed by atoms with Gasteiger partial charge in [0.15, 0.2) is 5.58 Å². The van der Waals surface area contributed by atoms with Gasteiger partial charge in [0.25, 0.3) is 6.01 Å². The summed E-state index contributed by atoms with van der Waals surface area (Å²) >= 11 is 0. The number of nitrogens with one attached hydrogen (secondary N) is 1. The van der Waals surface area contributed by atoms with Gasteiger partial charge in [-0.25, -0.2) is 0 Å². The SMILES string of the molecule is COc1ccc(C(N)C2C(=O)CCCC2=NCNc2nc3ccccc3o2)cc1. The molecule has 29 heavy (non-hydrogen) atoms. The van der Waals surface area contributed by atoms with E-state index in [-0.39, 0.29) is 12.5 Å². The molecule has 2 aromatic carbocycles. The molecule has 4 rings (SSSR count). The highest BCUT2D eigenvalue weighted by Crippen LogP contribution is 2.30. The average molecular weight is 392 g/mol. The number of oxazole rings is 1. The molecule has 1 heterocycles. The third kappa shape index (κ3) is 4.14. The van der Waals surface area contributed by atoms with Crippen LogP contribution in [-0.2, 0) is 4.79 Å². The highest BCUT2D eigenvalue weighted by Gasteiger charge is 2.34. The Labute approximate surface area is 169 Å². The van der Waals surface area contributed by atoms with Gasteiger partial charge in [-0.2, -0.15) is 4.98 Å². The number of carbonyl (C=O) groups is 1. The molecule has 1 saturated carbocycles. The lowest BCUT2D eigenvalue weighted by Gasteiger charge is -2.28. The second-order valence-electron chi connectivity index (χ2n) is 7.07. The third-order valence-electron chi connectivity index (χ3n) is 5.23. The van der Waals surface area contributed by atoms with E-state index in [1.807, 2.05) is 48.5 Å². The molecule has 2 unspecified atom stereocenters. The molecular weight excluding hydrogens is 368 g/mol. The van der Waals surface area contributed by atoms with Crippen LogP contribution in [0.3, 0.4) is 0 Å². The predicted octanol–water partition coefficient (Wildman–Crippen LogP) is 3.72. The van der Waals surface area contributed by atoms with Crippen LogP contribution in [0.1, 0.15) is 30.9 Å². The van der Waals surface area contributed by atoms with Crippen LogP contribution in [0.2, 0.25) is 0 Å². The van der Waals surface area contributed by atoms with Crippen LogP contribution in [0.4, 0.5) is 6.01 Å². The topological polar surface area (TPSA) is 103 Å². The van der Waals surface area contributed by atoms with Crippen molar-refractivity contribution >= 4 is 28.6 Å². The first-order valence-corrected chi connectivity index (χ1v) is 9.70. The molecule has 0 spiro atoms. The Morgan fingerprint density at radius 1 is 1.24 bits per heavy atom. The number of carbonyl (C=O) groups excluding carboxylic acids is 1. The Bertz CT molecular complexity index is 993. The minimum atomic E-state index is -0.434. The van der Waals surface area contributed by atoms with Crippen molar-refractivity contribution < 1.29 is 13.9 Å². The lowest BCUT2D eigenvalue weighted by Crippen LogP contribution is -2.38. The molecule has 1 aliphatic rings. The van der Waals surface area contributed by atoms with Crippen molar-refractivity contribution in [1.82, 2.24) is 4.98 Å². The molecule has 0 radical (unpaired) electrons. The largest absolute Gasteiger partial charge is 0.497 e. The summed E-state index contributed by atoms with van der Waals surface area (Å²) in [5.74, 6) is 0.482. The van der Waals surface area contributed by atoms with Crippen molar-refractivity contribution in [1.29, 1.82) is 0 Å². The van der Waals surface area contributed by atoms with Crippen LogP contribution in [0, 0.1) is 5.92 Å². The Balaban J connectivity index is 1.49. The summed E-state index contributed by atoms with van der Waals surface area (Å²) in [5.41, 5.74) is 9.71. The zero-order chi connectivity index (χ0) is 20.2. The maximum Gasteiger partial charge on any atom is 0.297 e. The number of fused-ring (bicyclic) bond motifs is 1. The van der Waals surface area contributed by atoms with Crippen LogP contribution in [0.15, 0.2) is 57.9 Å². The summed E-state index contributed by atoms with van der Waals surface area (Å²) in [6.07, 6.45) is 2.09. The van der Waals surface area contributed by atoms with E-state index in [1.54, 1.807) is 7.11 Å². The lowest BCUT2D eigenvalue weighted by molar-refractivity contribution is -0.122. The number of rotatable bonds is 6. The standard InChI is InChI=1S/C22H24N4O3/c1-28-15-11-9-14(10-12-15)21(23)20-17(6-4-7-18(20)27)24-13-25-22-26-16-5-2-3-8-19(16)29-22/h2-3,5,8-12,20-21H,4,6-7,13,23H2,1H3,(H,25,26). The van der Waals surface area contributed by atoms with Crippen molar-refractivity contribution in [3.63, 3.8) is 0 Å². The van der Waals surface area contributed by atoms with Crippen molar-refractivity contribution in [3.8, 4) is 5.75 Å². The van der Waals surface area contributed by atoms with Crippen LogP contribution < -0.4 is 15.8 Å². The second-order valence-corrected chi connectivity index (χ2v) is 7.07. The van der Waals surface area contributed by atoms with Gasteiger partial charge >= 0.3 is 0 Å². The van der Waals surface area contributed by atoms with Crippen LogP contribution >= 0.6 is 0 Å². The zero-order valence-corrected chi connectivity index (χ0v) is 16.3. The molecule has 1 aliphatic carbocycles. The van der Waals surface area contributed by atoms with Gasteiger partial charge < -0.3 is 20.2 Å². The van der Waals surface area contributed by atoms with Crippen LogP contribution in [-0.4, -0.2) is 30.3 Å². The summed E-state index contributed by atoms with van der Waals surface area (Å²) in [7, 11) is 1.62. The molecule has 3 aromatic rings. The number of ketones is 1. The Kier molecular flexibility index (Phi) is 5.57. The maximum atomic E-state index is 12.7. The van der Waals surface area contributed by atoms with Crippen molar-refractivity contribution in [2.75, 3.05) is 19.1 Å². The van der Waals surface area contributed by atoms with Crippen molar-refractivity contribution in [2.24, 2.45) is 16.6 Å². The monoisotopic (exact) mass is 392 g/mol. The van der Waals surface area contributed by atoms with Gasteiger partial charge in [-0.3, -0.25) is 9.79 Å². The molecule has 0 bridgehead atoms. The van der Waals surface area contributed by atoms with Gasteiger partial charge in [0.2, 0.25) is 0 Å². The van der Waals surface area contributed by atoms with Gasteiger partial charge in [0, 0.05) is 18.2 Å². The smallest absolute Gasteiger partial charge is 0.297 e. The van der Waals surface area contributed by atoms with E-state index in [1.165, 1.54) is 0 Å². The molecule has 1 aromatic heterocycles. The molecule has 0 amide bonds. The van der Waals surface area contributed by atoms with Crippen molar-refractivity contribution in [2.45, 2.75) is 25.3 Å². The van der Waals surface area contributed by atoms with Gasteiger partial charge in [0.1, 0.15) is 23.7 Å². The molecule has 7 nitrogen and oxygen atoms in total. The normalized spacial score (nSPS) is 19.4. The number of para-hydroxylation sites is 2. The van der Waals surface area contributed by atoms with E-state index in [0.717, 1.165) is 41.0 Å². The number of nitrogens with zero attached hydrogens (tertiary/aromatic N) is 2. The molecule has 1 fully saturated rings. The maximum absolute atomic E-state index is 12.7. The number of ether oxygens (including phenoxy) is 1. The molecular formula is C22H24N4O3. The third-order valence-corrected chi connectivity index (χ3v) is 5.23. The Morgan fingerprint density at radius 2 is 2.03 bits per heavy atom. The minimum absolute atomic E-state index is 0.139. The van der Waals surface area contributed by atoms with Gasteiger partial charge in [-0.15, -0.1) is 0 Å². The van der Waals surface area contributed by atoms with Gasteiger partial charge in [-0.05, 0) is 42.7 Å². The fraction of sp³-hybridized carbons (Fsp3) is 0.318. The number of methoxy groups -OCH3 is 1. The van der Waals surface area contributed by atoms with E-state index in [0.29, 0.717) is 12.4 Å². The van der Waals surface area contributed by atoms with E-state index >= 15 is 0 Å². The number of nitrogens with two attached hydrogens (primary N) is 1. The summed E-state index contributed by atoms with van der Waals surface area (Å²) in [6, 6.07) is 15.1. The lowest BCUT2D eigenvalue weighted by atomic mass is 9.79. The van der Waals surface area contributed by atoms with E-state index in [9.17, 15) is 4.79 Å². The Hall–Kier alpha value is -3.19. The van der Waals surface area contributed by atoms with Crippen LogP contribution in [0.5, 0.6) is 5.75 Å². The number of anilines is 1. The highest BCUT2D eigenvalue weighted by atomic mass is 16.5. The average Bonchev–Trinajstić information content (AvgIpc) is 3.16. The fourth-order valence-electron chi connectivity index (χ4n) is 3.70. The summed E-state index contributed by atoms with van der Waals surface area (Å²) in [4.78, 5) is 21.7. The van der Waals surface area contributed by atoms with Gasteiger partial charge in [-0.1, -0.05) is 24.3 Å². The van der Waals surface area contributed by atoms with Gasteiger partial charge in [0.05, 0.1) is 13.0 Å². The van der Waals surface area contributed by atoms with E-state index < -0.39 is 12.0 Å². The predicted molar refractivity (Wildman–Crippen MR) is 112 cm³/mol. The van der Waals surface area contributed by atoms with E-state index in [2.05, 4.69) is 15.3 Å².